The minimum atomic E-state index is 0.668. The molecule has 1 heterocycles. The summed E-state index contributed by atoms with van der Waals surface area (Å²) in [4.78, 5) is 14.3. The fourth-order valence-electron chi connectivity index (χ4n) is 2.28. The van der Waals surface area contributed by atoms with E-state index in [2.05, 4.69) is 21.7 Å². The van der Waals surface area contributed by atoms with Crippen molar-refractivity contribution >= 4 is 22.7 Å². The molecule has 0 aliphatic carbocycles. The van der Waals surface area contributed by atoms with Gasteiger partial charge in [0.1, 0.15) is 5.69 Å². The zero-order valence-corrected chi connectivity index (χ0v) is 10.3. The number of nitrogens with zero attached hydrogens (tertiary/aromatic N) is 2. The van der Waals surface area contributed by atoms with Crippen LogP contribution in [0, 0.1) is 0 Å². The van der Waals surface area contributed by atoms with E-state index in [1.54, 1.807) is 6.08 Å². The average Bonchev–Trinajstić information content (AvgIpc) is 2.79. The average molecular weight is 248 g/mol. The predicted octanol–water partition coefficient (Wildman–Crippen LogP) is 3.66. The van der Waals surface area contributed by atoms with Crippen molar-refractivity contribution in [3.05, 3.63) is 66.4 Å². The van der Waals surface area contributed by atoms with Crippen molar-refractivity contribution in [3.8, 4) is 0 Å². The monoisotopic (exact) mass is 248 g/mol. The van der Waals surface area contributed by atoms with Crippen molar-refractivity contribution in [1.29, 1.82) is 0 Å². The van der Waals surface area contributed by atoms with Crippen LogP contribution in [0.25, 0.3) is 10.9 Å². The van der Waals surface area contributed by atoms with Crippen molar-refractivity contribution in [2.75, 3.05) is 0 Å². The van der Waals surface area contributed by atoms with E-state index in [4.69, 9.17) is 0 Å². The minimum absolute atomic E-state index is 0.668. The summed E-state index contributed by atoms with van der Waals surface area (Å²) in [5.41, 5.74) is 2.95. The molecule has 0 atom stereocenters. The molecule has 19 heavy (non-hydrogen) atoms. The fraction of sp³-hybridized carbons (Fsp3) is 0.0625. The summed E-state index contributed by atoms with van der Waals surface area (Å²) >= 11 is 0. The summed E-state index contributed by atoms with van der Waals surface area (Å²) in [6, 6.07) is 18.1. The van der Waals surface area contributed by atoms with Gasteiger partial charge in [-0.1, -0.05) is 48.5 Å². The number of hydrogen-bond acceptors (Lipinski definition) is 2. The van der Waals surface area contributed by atoms with Crippen LogP contribution in [0.1, 0.15) is 5.56 Å². The Hall–Kier alpha value is -2.64. The lowest BCUT2D eigenvalue weighted by atomic mass is 10.2. The van der Waals surface area contributed by atoms with Gasteiger partial charge >= 0.3 is 0 Å². The third-order valence-corrected chi connectivity index (χ3v) is 3.13. The molecule has 0 radical (unpaired) electrons. The SMILES string of the molecule is O=C=Nc1cn(Cc2ccccc2)c2ccccc12. The van der Waals surface area contributed by atoms with Crippen LogP contribution in [-0.2, 0) is 11.3 Å². The van der Waals surface area contributed by atoms with Crippen molar-refractivity contribution in [2.45, 2.75) is 6.54 Å². The smallest absolute Gasteiger partial charge is 0.240 e. The quantitative estimate of drug-likeness (QED) is 0.514. The number of isocyanates is 1. The second-order valence-corrected chi connectivity index (χ2v) is 4.35. The maximum atomic E-state index is 10.5. The summed E-state index contributed by atoms with van der Waals surface area (Å²) in [6.07, 6.45) is 3.51. The van der Waals surface area contributed by atoms with Crippen LogP contribution in [-0.4, -0.2) is 10.6 Å². The summed E-state index contributed by atoms with van der Waals surface area (Å²) in [5.74, 6) is 0. The highest BCUT2D eigenvalue weighted by molar-refractivity contribution is 5.92. The molecule has 1 aromatic heterocycles. The van der Waals surface area contributed by atoms with Crippen LogP contribution in [0.2, 0.25) is 0 Å². The summed E-state index contributed by atoms with van der Waals surface area (Å²) in [6.45, 7) is 0.760. The molecule has 0 bridgehead atoms. The Bertz CT molecular complexity index is 753. The number of carbonyl (C=O) groups excluding carboxylic acids is 1. The Kier molecular flexibility index (Phi) is 2.97. The van der Waals surface area contributed by atoms with Gasteiger partial charge < -0.3 is 4.57 Å². The first-order valence-corrected chi connectivity index (χ1v) is 6.08. The third kappa shape index (κ3) is 2.19. The molecule has 0 aliphatic rings. The molecule has 0 unspecified atom stereocenters. The standard InChI is InChI=1S/C16H12N2O/c19-12-17-15-11-18(10-13-6-2-1-3-7-13)16-9-5-4-8-14(15)16/h1-9,11H,10H2. The van der Waals surface area contributed by atoms with Gasteiger partial charge in [-0.25, -0.2) is 4.79 Å². The van der Waals surface area contributed by atoms with Crippen LogP contribution >= 0.6 is 0 Å². The Labute approximate surface area is 110 Å². The molecule has 0 aliphatic heterocycles. The number of aliphatic imine (C=N–C) groups is 1. The number of benzene rings is 2. The fourth-order valence-corrected chi connectivity index (χ4v) is 2.28. The van der Waals surface area contributed by atoms with Gasteiger partial charge in [0, 0.05) is 18.1 Å². The van der Waals surface area contributed by atoms with Crippen LogP contribution in [0.5, 0.6) is 0 Å². The summed E-state index contributed by atoms with van der Waals surface area (Å²) in [7, 11) is 0. The van der Waals surface area contributed by atoms with E-state index in [9.17, 15) is 4.79 Å². The normalized spacial score (nSPS) is 10.3. The first-order valence-electron chi connectivity index (χ1n) is 6.08. The van der Waals surface area contributed by atoms with Gasteiger partial charge in [-0.2, -0.15) is 4.99 Å². The first-order chi connectivity index (χ1) is 9.38. The van der Waals surface area contributed by atoms with Gasteiger partial charge in [-0.05, 0) is 11.6 Å². The second kappa shape index (κ2) is 4.92. The van der Waals surface area contributed by atoms with E-state index < -0.39 is 0 Å². The number of hydrogen-bond donors (Lipinski definition) is 0. The lowest BCUT2D eigenvalue weighted by Gasteiger charge is -2.04. The minimum Gasteiger partial charge on any atom is -0.341 e. The molecule has 0 saturated heterocycles. The second-order valence-electron chi connectivity index (χ2n) is 4.35. The summed E-state index contributed by atoms with van der Waals surface area (Å²) < 4.78 is 2.10. The third-order valence-electron chi connectivity index (χ3n) is 3.13. The lowest BCUT2D eigenvalue weighted by Crippen LogP contribution is -1.96. The van der Waals surface area contributed by atoms with Crippen molar-refractivity contribution < 1.29 is 4.79 Å². The molecule has 0 fully saturated rings. The predicted molar refractivity (Wildman–Crippen MR) is 75.3 cm³/mol. The van der Waals surface area contributed by atoms with E-state index >= 15 is 0 Å². The van der Waals surface area contributed by atoms with E-state index in [0.717, 1.165) is 17.4 Å². The Morgan fingerprint density at radius 3 is 2.53 bits per heavy atom. The number of fused-ring (bicyclic) bond motifs is 1. The van der Waals surface area contributed by atoms with Crippen LogP contribution in [0.15, 0.2) is 65.8 Å². The molecular weight excluding hydrogens is 236 g/mol. The number of rotatable bonds is 3. The van der Waals surface area contributed by atoms with Gasteiger partial charge in [-0.3, -0.25) is 0 Å². The van der Waals surface area contributed by atoms with Gasteiger partial charge in [-0.15, -0.1) is 0 Å². The van der Waals surface area contributed by atoms with Crippen LogP contribution < -0.4 is 0 Å². The van der Waals surface area contributed by atoms with Gasteiger partial charge in [0.2, 0.25) is 6.08 Å². The first kappa shape index (κ1) is 11.5. The molecule has 92 valence electrons. The van der Waals surface area contributed by atoms with Crippen LogP contribution in [0.4, 0.5) is 5.69 Å². The molecule has 0 saturated carbocycles. The molecule has 3 aromatic rings. The Morgan fingerprint density at radius 2 is 1.74 bits per heavy atom. The van der Waals surface area contributed by atoms with Crippen molar-refractivity contribution in [3.63, 3.8) is 0 Å². The highest BCUT2D eigenvalue weighted by atomic mass is 16.1. The highest BCUT2D eigenvalue weighted by Crippen LogP contribution is 2.28. The molecule has 0 N–H and O–H groups in total. The van der Waals surface area contributed by atoms with E-state index in [1.165, 1.54) is 5.56 Å². The molecule has 2 aromatic carbocycles. The topological polar surface area (TPSA) is 34.4 Å². The molecule has 0 amide bonds. The zero-order chi connectivity index (χ0) is 13.1. The maximum Gasteiger partial charge on any atom is 0.240 e. The molecular formula is C16H12N2O. The van der Waals surface area contributed by atoms with Gasteiger partial charge in [0.05, 0.1) is 5.52 Å². The van der Waals surface area contributed by atoms with Gasteiger partial charge in [0.15, 0.2) is 0 Å². The molecule has 0 spiro atoms. The molecule has 3 nitrogen and oxygen atoms in total. The van der Waals surface area contributed by atoms with Crippen molar-refractivity contribution in [2.24, 2.45) is 4.99 Å². The van der Waals surface area contributed by atoms with E-state index in [1.807, 2.05) is 48.7 Å². The molecule has 3 heteroatoms. The zero-order valence-electron chi connectivity index (χ0n) is 10.3. The van der Waals surface area contributed by atoms with E-state index in [-0.39, 0.29) is 0 Å². The van der Waals surface area contributed by atoms with Gasteiger partial charge in [0.25, 0.3) is 0 Å². The Balaban J connectivity index is 2.11. The summed E-state index contributed by atoms with van der Waals surface area (Å²) in [5, 5.41) is 0.974. The largest absolute Gasteiger partial charge is 0.341 e. The van der Waals surface area contributed by atoms with Crippen molar-refractivity contribution in [1.82, 2.24) is 4.57 Å². The Morgan fingerprint density at radius 1 is 1.00 bits per heavy atom. The molecule has 3 rings (SSSR count). The number of aromatic nitrogens is 1. The maximum absolute atomic E-state index is 10.5. The highest BCUT2D eigenvalue weighted by Gasteiger charge is 2.07. The van der Waals surface area contributed by atoms with E-state index in [0.29, 0.717) is 5.69 Å². The lowest BCUT2D eigenvalue weighted by molar-refractivity contribution is 0.565. The van der Waals surface area contributed by atoms with Crippen LogP contribution in [0.3, 0.4) is 0 Å². The number of para-hydroxylation sites is 1.